The summed E-state index contributed by atoms with van der Waals surface area (Å²) in [5.74, 6) is -1.28. The first kappa shape index (κ1) is 12.2. The van der Waals surface area contributed by atoms with E-state index in [1.165, 1.54) is 28.4 Å². The lowest BCUT2D eigenvalue weighted by Gasteiger charge is -1.91. The van der Waals surface area contributed by atoms with Gasteiger partial charge in [0.05, 0.1) is 11.9 Å². The van der Waals surface area contributed by atoms with Crippen LogP contribution in [0.15, 0.2) is 23.7 Å². The molecular formula is C11H9N3O3S. The minimum atomic E-state index is -1.03. The highest BCUT2D eigenvalue weighted by molar-refractivity contribution is 7.12. The SMILES string of the molecule is Cn1nncc1C=CC(=O)c1csc(C(=O)O)c1. The van der Waals surface area contributed by atoms with Gasteiger partial charge in [0.2, 0.25) is 0 Å². The third-order valence-corrected chi connectivity index (χ3v) is 3.17. The van der Waals surface area contributed by atoms with E-state index in [1.807, 2.05) is 0 Å². The van der Waals surface area contributed by atoms with E-state index in [0.29, 0.717) is 11.3 Å². The number of hydrogen-bond donors (Lipinski definition) is 1. The second kappa shape index (κ2) is 4.92. The van der Waals surface area contributed by atoms with Crippen LogP contribution in [0.5, 0.6) is 0 Å². The number of aromatic carboxylic acids is 1. The number of allylic oxidation sites excluding steroid dienone is 1. The first-order valence-electron chi connectivity index (χ1n) is 4.97. The van der Waals surface area contributed by atoms with Crippen LogP contribution >= 0.6 is 11.3 Å². The molecule has 18 heavy (non-hydrogen) atoms. The summed E-state index contributed by atoms with van der Waals surface area (Å²) in [5.41, 5.74) is 1.06. The molecule has 0 amide bonds. The van der Waals surface area contributed by atoms with E-state index in [-0.39, 0.29) is 10.7 Å². The van der Waals surface area contributed by atoms with Gasteiger partial charge in [0, 0.05) is 18.0 Å². The Kier molecular flexibility index (Phi) is 3.33. The Balaban J connectivity index is 2.14. The van der Waals surface area contributed by atoms with Crippen molar-refractivity contribution in [1.82, 2.24) is 15.0 Å². The van der Waals surface area contributed by atoms with Crippen LogP contribution in [-0.4, -0.2) is 31.9 Å². The third-order valence-electron chi connectivity index (χ3n) is 2.25. The van der Waals surface area contributed by atoms with Crippen molar-refractivity contribution in [2.75, 3.05) is 0 Å². The molecule has 1 N–H and O–H groups in total. The molecule has 2 heterocycles. The first-order chi connectivity index (χ1) is 8.58. The summed E-state index contributed by atoms with van der Waals surface area (Å²) in [7, 11) is 1.71. The molecule has 2 aromatic rings. The third kappa shape index (κ3) is 2.51. The summed E-state index contributed by atoms with van der Waals surface area (Å²) in [5, 5.41) is 17.7. The van der Waals surface area contributed by atoms with E-state index < -0.39 is 5.97 Å². The van der Waals surface area contributed by atoms with Crippen molar-refractivity contribution in [3.8, 4) is 0 Å². The average Bonchev–Trinajstić information content (AvgIpc) is 2.94. The summed E-state index contributed by atoms with van der Waals surface area (Å²) in [6.45, 7) is 0. The number of hydrogen-bond acceptors (Lipinski definition) is 5. The molecule has 0 aliphatic carbocycles. The number of aromatic nitrogens is 3. The zero-order valence-electron chi connectivity index (χ0n) is 9.40. The number of carboxylic acid groups (broad SMARTS) is 1. The fraction of sp³-hybridized carbons (Fsp3) is 0.0909. The van der Waals surface area contributed by atoms with Crippen LogP contribution in [0.3, 0.4) is 0 Å². The van der Waals surface area contributed by atoms with Crippen molar-refractivity contribution in [2.24, 2.45) is 7.05 Å². The zero-order valence-corrected chi connectivity index (χ0v) is 10.2. The van der Waals surface area contributed by atoms with Gasteiger partial charge in [-0.25, -0.2) is 9.48 Å². The summed E-state index contributed by atoms with van der Waals surface area (Å²) >= 11 is 1.03. The highest BCUT2D eigenvalue weighted by atomic mass is 32.1. The lowest BCUT2D eigenvalue weighted by molar-refractivity contribution is 0.0702. The van der Waals surface area contributed by atoms with Gasteiger partial charge in [0.25, 0.3) is 0 Å². The van der Waals surface area contributed by atoms with Crippen LogP contribution in [0, 0.1) is 0 Å². The van der Waals surface area contributed by atoms with Gasteiger partial charge in [0.15, 0.2) is 5.78 Å². The molecule has 0 saturated carbocycles. The van der Waals surface area contributed by atoms with Gasteiger partial charge >= 0.3 is 5.97 Å². The number of carbonyl (C=O) groups is 2. The molecule has 0 aliphatic heterocycles. The lowest BCUT2D eigenvalue weighted by Crippen LogP contribution is -1.96. The Hall–Kier alpha value is -2.28. The van der Waals surface area contributed by atoms with E-state index >= 15 is 0 Å². The van der Waals surface area contributed by atoms with Crippen LogP contribution < -0.4 is 0 Å². The summed E-state index contributed by atoms with van der Waals surface area (Å²) in [4.78, 5) is 22.6. The number of aryl methyl sites for hydroxylation is 1. The van der Waals surface area contributed by atoms with Gasteiger partial charge in [-0.05, 0) is 18.2 Å². The molecule has 0 saturated heterocycles. The highest BCUT2D eigenvalue weighted by Gasteiger charge is 2.10. The number of thiophene rings is 1. The molecule has 2 rings (SSSR count). The van der Waals surface area contributed by atoms with E-state index in [0.717, 1.165) is 11.3 Å². The lowest BCUT2D eigenvalue weighted by atomic mass is 10.2. The molecule has 6 nitrogen and oxygen atoms in total. The molecule has 0 fully saturated rings. The Morgan fingerprint density at radius 3 is 2.83 bits per heavy atom. The molecule has 0 radical (unpaired) electrons. The fourth-order valence-electron chi connectivity index (χ4n) is 1.28. The van der Waals surface area contributed by atoms with Crippen molar-refractivity contribution >= 4 is 29.2 Å². The van der Waals surface area contributed by atoms with E-state index in [1.54, 1.807) is 13.1 Å². The van der Waals surface area contributed by atoms with Crippen molar-refractivity contribution in [1.29, 1.82) is 0 Å². The summed E-state index contributed by atoms with van der Waals surface area (Å²) < 4.78 is 1.53. The van der Waals surface area contributed by atoms with Crippen LogP contribution in [0.25, 0.3) is 6.08 Å². The van der Waals surface area contributed by atoms with Crippen LogP contribution in [0.2, 0.25) is 0 Å². The largest absolute Gasteiger partial charge is 0.477 e. The predicted octanol–water partition coefficient (Wildman–Crippen LogP) is 1.47. The molecule has 7 heteroatoms. The number of rotatable bonds is 4. The number of nitrogens with zero attached hydrogens (tertiary/aromatic N) is 3. The van der Waals surface area contributed by atoms with Crippen molar-refractivity contribution < 1.29 is 14.7 Å². The number of carbonyl (C=O) groups excluding carboxylic acids is 1. The minimum absolute atomic E-state index is 0.147. The molecule has 2 aromatic heterocycles. The molecule has 92 valence electrons. The molecule has 0 unspecified atom stereocenters. The Morgan fingerprint density at radius 1 is 1.50 bits per heavy atom. The highest BCUT2D eigenvalue weighted by Crippen LogP contribution is 2.15. The van der Waals surface area contributed by atoms with E-state index in [2.05, 4.69) is 10.3 Å². The van der Waals surface area contributed by atoms with Crippen molar-refractivity contribution in [3.05, 3.63) is 39.9 Å². The molecular weight excluding hydrogens is 254 g/mol. The van der Waals surface area contributed by atoms with Crippen LogP contribution in [0.4, 0.5) is 0 Å². The second-order valence-electron chi connectivity index (χ2n) is 3.48. The summed E-state index contributed by atoms with van der Waals surface area (Å²) in [6.07, 6.45) is 4.48. The van der Waals surface area contributed by atoms with Gasteiger partial charge in [-0.1, -0.05) is 5.21 Å². The van der Waals surface area contributed by atoms with Crippen molar-refractivity contribution in [3.63, 3.8) is 0 Å². The quantitative estimate of drug-likeness (QED) is 0.667. The predicted molar refractivity (Wildman–Crippen MR) is 65.6 cm³/mol. The molecule has 0 atom stereocenters. The number of ketones is 1. The van der Waals surface area contributed by atoms with Gasteiger partial charge in [0.1, 0.15) is 4.88 Å². The monoisotopic (exact) mass is 263 g/mol. The maximum Gasteiger partial charge on any atom is 0.345 e. The molecule has 0 aromatic carbocycles. The van der Waals surface area contributed by atoms with Gasteiger partial charge in [-0.3, -0.25) is 4.79 Å². The maximum absolute atomic E-state index is 11.8. The fourth-order valence-corrected chi connectivity index (χ4v) is 2.02. The number of carboxylic acids is 1. The molecule has 0 aliphatic rings. The standard InChI is InChI=1S/C11H9N3O3S/c1-14-8(5-12-13-14)2-3-9(15)7-4-10(11(16)17)18-6-7/h2-6H,1H3,(H,16,17). The normalized spacial score (nSPS) is 10.9. The van der Waals surface area contributed by atoms with Gasteiger partial charge in [-0.15, -0.1) is 16.4 Å². The van der Waals surface area contributed by atoms with Crippen LogP contribution in [-0.2, 0) is 7.05 Å². The van der Waals surface area contributed by atoms with Gasteiger partial charge < -0.3 is 5.11 Å². The van der Waals surface area contributed by atoms with Gasteiger partial charge in [-0.2, -0.15) is 0 Å². The smallest absolute Gasteiger partial charge is 0.345 e. The Morgan fingerprint density at radius 2 is 2.28 bits per heavy atom. The Labute approximate surface area is 106 Å². The zero-order chi connectivity index (χ0) is 13.1. The molecule has 0 bridgehead atoms. The van der Waals surface area contributed by atoms with E-state index in [4.69, 9.17) is 5.11 Å². The Bertz CT molecular complexity index is 627. The first-order valence-corrected chi connectivity index (χ1v) is 5.85. The summed E-state index contributed by atoms with van der Waals surface area (Å²) in [6, 6.07) is 1.36. The average molecular weight is 263 g/mol. The van der Waals surface area contributed by atoms with Crippen molar-refractivity contribution in [2.45, 2.75) is 0 Å². The van der Waals surface area contributed by atoms with Crippen LogP contribution in [0.1, 0.15) is 25.7 Å². The maximum atomic E-state index is 11.8. The minimum Gasteiger partial charge on any atom is -0.477 e. The second-order valence-corrected chi connectivity index (χ2v) is 4.40. The van der Waals surface area contributed by atoms with E-state index in [9.17, 15) is 9.59 Å². The topological polar surface area (TPSA) is 85.1 Å². The molecule has 0 spiro atoms.